The van der Waals surface area contributed by atoms with Gasteiger partial charge in [0.25, 0.3) is 0 Å². The molecule has 74 valence electrons. The van der Waals surface area contributed by atoms with E-state index in [4.69, 9.17) is 0 Å². The van der Waals surface area contributed by atoms with E-state index in [2.05, 4.69) is 32.0 Å². The molecule has 2 atom stereocenters. The molecule has 0 amide bonds. The van der Waals surface area contributed by atoms with Crippen LogP contribution in [0.1, 0.15) is 41.9 Å². The second kappa shape index (κ2) is 2.85. The van der Waals surface area contributed by atoms with Crippen LogP contribution in [0.15, 0.2) is 18.2 Å². The molecule has 0 heterocycles. The normalized spacial score (nSPS) is 30.4. The van der Waals surface area contributed by atoms with Gasteiger partial charge in [-0.15, -0.1) is 0 Å². The molecule has 0 N–H and O–H groups in total. The molecule has 0 spiro atoms. The van der Waals surface area contributed by atoms with E-state index in [0.29, 0.717) is 0 Å². The largest absolute Gasteiger partial charge is 0.0588 e. The van der Waals surface area contributed by atoms with Crippen molar-refractivity contribution in [2.24, 2.45) is 11.8 Å². The molecule has 1 aromatic carbocycles. The van der Waals surface area contributed by atoms with Gasteiger partial charge in [-0.25, -0.2) is 0 Å². The summed E-state index contributed by atoms with van der Waals surface area (Å²) in [6.07, 6.45) is 4.48. The Bertz CT molecular complexity index is 360. The highest BCUT2D eigenvalue weighted by atomic mass is 14.5. The van der Waals surface area contributed by atoms with E-state index in [1.807, 2.05) is 0 Å². The zero-order valence-corrected chi connectivity index (χ0v) is 9.09. The van der Waals surface area contributed by atoms with Crippen molar-refractivity contribution in [2.75, 3.05) is 0 Å². The van der Waals surface area contributed by atoms with Crippen molar-refractivity contribution >= 4 is 0 Å². The molecule has 2 unspecified atom stereocenters. The molecule has 0 aromatic heterocycles. The highest BCUT2D eigenvalue weighted by molar-refractivity contribution is 5.35. The number of benzene rings is 1. The second-order valence-electron chi connectivity index (χ2n) is 5.19. The van der Waals surface area contributed by atoms with Crippen molar-refractivity contribution in [2.45, 2.75) is 39.0 Å². The molecule has 3 rings (SSSR count). The predicted molar refractivity (Wildman–Crippen MR) is 59.5 cm³/mol. The van der Waals surface area contributed by atoms with E-state index in [1.54, 1.807) is 5.56 Å². The maximum absolute atomic E-state index is 2.41. The van der Waals surface area contributed by atoms with Crippen LogP contribution in [0.2, 0.25) is 0 Å². The maximum atomic E-state index is 2.41. The zero-order chi connectivity index (χ0) is 9.71. The summed E-state index contributed by atoms with van der Waals surface area (Å²) in [6, 6.07) is 7.03. The standard InChI is InChI=1S/C14H18/c1-9-3-4-12(7-10(9)2)14-8-13(14)11-5-6-11/h3-4,7,11,13-14H,5-6,8H2,1-2H3. The molecule has 0 heteroatoms. The Morgan fingerprint density at radius 3 is 2.50 bits per heavy atom. The van der Waals surface area contributed by atoms with Gasteiger partial charge in [-0.3, -0.25) is 0 Å². The van der Waals surface area contributed by atoms with Crippen molar-refractivity contribution in [3.8, 4) is 0 Å². The Labute approximate surface area is 86.3 Å². The minimum Gasteiger partial charge on any atom is -0.0588 e. The average molecular weight is 186 g/mol. The van der Waals surface area contributed by atoms with Crippen LogP contribution in [0.5, 0.6) is 0 Å². The lowest BCUT2D eigenvalue weighted by Gasteiger charge is -2.04. The quantitative estimate of drug-likeness (QED) is 0.658. The van der Waals surface area contributed by atoms with E-state index in [1.165, 1.54) is 30.4 Å². The smallest absolute Gasteiger partial charge is 0.0128 e. The number of hydrogen-bond donors (Lipinski definition) is 0. The molecule has 0 radical (unpaired) electrons. The van der Waals surface area contributed by atoms with Crippen molar-refractivity contribution in [1.82, 2.24) is 0 Å². The molecular weight excluding hydrogens is 168 g/mol. The van der Waals surface area contributed by atoms with Crippen molar-refractivity contribution in [1.29, 1.82) is 0 Å². The first-order valence-electron chi connectivity index (χ1n) is 5.83. The van der Waals surface area contributed by atoms with Crippen LogP contribution in [-0.4, -0.2) is 0 Å². The number of aryl methyl sites for hydroxylation is 2. The van der Waals surface area contributed by atoms with Crippen LogP contribution in [0.25, 0.3) is 0 Å². The Morgan fingerprint density at radius 1 is 1.07 bits per heavy atom. The van der Waals surface area contributed by atoms with Gasteiger partial charge in [-0.1, -0.05) is 18.2 Å². The Hall–Kier alpha value is -0.780. The summed E-state index contributed by atoms with van der Waals surface area (Å²) in [5.41, 5.74) is 4.49. The summed E-state index contributed by atoms with van der Waals surface area (Å²) in [4.78, 5) is 0. The molecule has 0 bridgehead atoms. The van der Waals surface area contributed by atoms with Gasteiger partial charge < -0.3 is 0 Å². The highest BCUT2D eigenvalue weighted by Gasteiger charge is 2.47. The van der Waals surface area contributed by atoms with Crippen LogP contribution >= 0.6 is 0 Å². The monoisotopic (exact) mass is 186 g/mol. The van der Waals surface area contributed by atoms with Gasteiger partial charge in [0.05, 0.1) is 0 Å². The first-order chi connectivity index (χ1) is 6.75. The predicted octanol–water partition coefficient (Wildman–Crippen LogP) is 3.82. The Balaban J connectivity index is 1.80. The summed E-state index contributed by atoms with van der Waals surface area (Å²) in [7, 11) is 0. The highest BCUT2D eigenvalue weighted by Crippen LogP contribution is 2.59. The van der Waals surface area contributed by atoms with E-state index in [0.717, 1.165) is 17.8 Å². The van der Waals surface area contributed by atoms with Gasteiger partial charge in [0, 0.05) is 0 Å². The molecule has 2 saturated carbocycles. The number of hydrogen-bond acceptors (Lipinski definition) is 0. The molecule has 0 nitrogen and oxygen atoms in total. The van der Waals surface area contributed by atoms with Crippen LogP contribution < -0.4 is 0 Å². The van der Waals surface area contributed by atoms with E-state index in [-0.39, 0.29) is 0 Å². The fourth-order valence-electron chi connectivity index (χ4n) is 2.64. The maximum Gasteiger partial charge on any atom is -0.0128 e. The SMILES string of the molecule is Cc1ccc(C2CC2C2CC2)cc1C. The Kier molecular flexibility index (Phi) is 1.74. The van der Waals surface area contributed by atoms with Gasteiger partial charge in [-0.05, 0) is 67.6 Å². The third-order valence-electron chi connectivity index (χ3n) is 4.03. The molecule has 2 aliphatic rings. The van der Waals surface area contributed by atoms with Crippen molar-refractivity contribution in [3.63, 3.8) is 0 Å². The fourth-order valence-corrected chi connectivity index (χ4v) is 2.64. The molecule has 0 aliphatic heterocycles. The number of rotatable bonds is 2. The minimum atomic E-state index is 0.918. The average Bonchev–Trinajstić information content (AvgIpc) is 3.02. The van der Waals surface area contributed by atoms with Gasteiger partial charge in [0.15, 0.2) is 0 Å². The summed E-state index contributed by atoms with van der Waals surface area (Å²) in [5.74, 6) is 3.07. The second-order valence-corrected chi connectivity index (χ2v) is 5.19. The van der Waals surface area contributed by atoms with Gasteiger partial charge in [-0.2, -0.15) is 0 Å². The summed E-state index contributed by atoms with van der Waals surface area (Å²) in [6.45, 7) is 4.43. The molecule has 2 fully saturated rings. The van der Waals surface area contributed by atoms with E-state index in [9.17, 15) is 0 Å². The third-order valence-corrected chi connectivity index (χ3v) is 4.03. The molecular formula is C14H18. The first-order valence-corrected chi connectivity index (χ1v) is 5.83. The van der Waals surface area contributed by atoms with E-state index >= 15 is 0 Å². The Morgan fingerprint density at radius 2 is 1.86 bits per heavy atom. The first kappa shape index (κ1) is 8.52. The lowest BCUT2D eigenvalue weighted by atomic mass is 10.0. The molecule has 0 saturated heterocycles. The summed E-state index contributed by atoms with van der Waals surface area (Å²) >= 11 is 0. The van der Waals surface area contributed by atoms with Crippen LogP contribution in [0.3, 0.4) is 0 Å². The van der Waals surface area contributed by atoms with Crippen LogP contribution in [-0.2, 0) is 0 Å². The lowest BCUT2D eigenvalue weighted by molar-refractivity contribution is 0.690. The minimum absolute atomic E-state index is 0.918. The van der Waals surface area contributed by atoms with Gasteiger partial charge in [0.1, 0.15) is 0 Å². The summed E-state index contributed by atoms with van der Waals surface area (Å²) in [5, 5.41) is 0. The van der Waals surface area contributed by atoms with Crippen molar-refractivity contribution in [3.05, 3.63) is 34.9 Å². The lowest BCUT2D eigenvalue weighted by Crippen LogP contribution is -1.88. The van der Waals surface area contributed by atoms with Crippen molar-refractivity contribution < 1.29 is 0 Å². The van der Waals surface area contributed by atoms with Crippen LogP contribution in [0, 0.1) is 25.7 Å². The molecule has 14 heavy (non-hydrogen) atoms. The summed E-state index contributed by atoms with van der Waals surface area (Å²) < 4.78 is 0. The molecule has 2 aliphatic carbocycles. The van der Waals surface area contributed by atoms with Gasteiger partial charge >= 0.3 is 0 Å². The topological polar surface area (TPSA) is 0 Å². The third kappa shape index (κ3) is 1.37. The zero-order valence-electron chi connectivity index (χ0n) is 9.09. The van der Waals surface area contributed by atoms with Gasteiger partial charge in [0.2, 0.25) is 0 Å². The van der Waals surface area contributed by atoms with E-state index < -0.39 is 0 Å². The van der Waals surface area contributed by atoms with Crippen LogP contribution in [0.4, 0.5) is 0 Å². The fraction of sp³-hybridized carbons (Fsp3) is 0.571. The molecule has 1 aromatic rings.